The van der Waals surface area contributed by atoms with Gasteiger partial charge in [0.25, 0.3) is 0 Å². The summed E-state index contributed by atoms with van der Waals surface area (Å²) in [5.74, 6) is 0.444. The van der Waals surface area contributed by atoms with E-state index >= 15 is 0 Å². The van der Waals surface area contributed by atoms with E-state index in [0.29, 0.717) is 30.9 Å². The number of ether oxygens (including phenoxy) is 1. The zero-order valence-electron chi connectivity index (χ0n) is 23.5. The van der Waals surface area contributed by atoms with Gasteiger partial charge in [0.15, 0.2) is 0 Å². The first-order valence-corrected chi connectivity index (χ1v) is 13.9. The highest BCUT2D eigenvalue weighted by Gasteiger charge is 2.32. The molecular weight excluding hydrogens is 448 g/mol. The average Bonchev–Trinajstić information content (AvgIpc) is 2.84. The van der Waals surface area contributed by atoms with E-state index in [1.165, 1.54) is 44.9 Å². The molecule has 2 aromatic carbocycles. The molecule has 0 saturated carbocycles. The molecule has 0 spiro atoms. The molecule has 0 aliphatic heterocycles. The Morgan fingerprint density at radius 1 is 0.722 bits per heavy atom. The Kier molecular flexibility index (Phi) is 11.8. The first kappa shape index (κ1) is 29.7. The maximum atomic E-state index is 12.7. The largest absolute Gasteiger partial charge is 0.507 e. The maximum absolute atomic E-state index is 12.7. The Labute approximate surface area is 219 Å². The predicted molar refractivity (Wildman–Crippen MR) is 149 cm³/mol. The number of aromatic hydroxyl groups is 2. The van der Waals surface area contributed by atoms with E-state index in [4.69, 9.17) is 4.74 Å². The number of phenolic OH excluding ortho intramolecular Hbond substituents is 2. The normalized spacial score (nSPS) is 11.6. The lowest BCUT2D eigenvalue weighted by Gasteiger charge is -2.32. The second kappa shape index (κ2) is 14.3. The van der Waals surface area contributed by atoms with Gasteiger partial charge in [-0.3, -0.25) is 4.79 Å². The van der Waals surface area contributed by atoms with E-state index < -0.39 is 5.41 Å². The molecule has 0 atom stereocenters. The highest BCUT2D eigenvalue weighted by molar-refractivity contribution is 5.69. The third kappa shape index (κ3) is 8.28. The van der Waals surface area contributed by atoms with Crippen LogP contribution in [0.5, 0.6) is 11.5 Å². The van der Waals surface area contributed by atoms with Gasteiger partial charge in [0, 0.05) is 11.8 Å². The van der Waals surface area contributed by atoms with Crippen molar-refractivity contribution in [1.82, 2.24) is 0 Å². The highest BCUT2D eigenvalue weighted by atomic mass is 16.5. The van der Waals surface area contributed by atoms with Crippen LogP contribution in [0.2, 0.25) is 0 Å². The monoisotopic (exact) mass is 496 g/mol. The highest BCUT2D eigenvalue weighted by Crippen LogP contribution is 2.41. The summed E-state index contributed by atoms with van der Waals surface area (Å²) < 4.78 is 5.58. The molecule has 2 rings (SSSR count). The first-order chi connectivity index (χ1) is 17.1. The van der Waals surface area contributed by atoms with Gasteiger partial charge in [0.05, 0.1) is 6.61 Å². The quantitative estimate of drug-likeness (QED) is 0.192. The van der Waals surface area contributed by atoms with Crippen molar-refractivity contribution in [2.24, 2.45) is 0 Å². The van der Waals surface area contributed by atoms with Crippen LogP contribution in [-0.2, 0) is 14.9 Å². The summed E-state index contributed by atoms with van der Waals surface area (Å²) >= 11 is 0. The number of aryl methyl sites for hydroxylation is 4. The van der Waals surface area contributed by atoms with Crippen molar-refractivity contribution in [2.45, 2.75) is 118 Å². The van der Waals surface area contributed by atoms with Crippen LogP contribution in [-0.4, -0.2) is 22.8 Å². The summed E-state index contributed by atoms with van der Waals surface area (Å²) in [4.78, 5) is 12.7. The lowest BCUT2D eigenvalue weighted by Crippen LogP contribution is -2.26. The third-order valence-electron chi connectivity index (χ3n) is 7.60. The lowest BCUT2D eigenvalue weighted by molar-refractivity contribution is -0.144. The number of carbonyl (C=O) groups is 1. The van der Waals surface area contributed by atoms with Gasteiger partial charge in [-0.15, -0.1) is 0 Å². The number of rotatable bonds is 15. The van der Waals surface area contributed by atoms with Crippen molar-refractivity contribution >= 4 is 5.97 Å². The van der Waals surface area contributed by atoms with E-state index in [2.05, 4.69) is 13.8 Å². The Hall–Kier alpha value is -2.49. The maximum Gasteiger partial charge on any atom is 0.305 e. The molecule has 2 aromatic rings. The second-order valence-electron chi connectivity index (χ2n) is 10.8. The number of esters is 1. The number of benzene rings is 2. The van der Waals surface area contributed by atoms with Crippen LogP contribution in [0.15, 0.2) is 24.3 Å². The number of hydrogen-bond donors (Lipinski definition) is 2. The molecule has 0 radical (unpaired) electrons. The minimum atomic E-state index is -0.469. The first-order valence-electron chi connectivity index (χ1n) is 13.9. The fraction of sp³-hybridized carbons (Fsp3) is 0.594. The standard InChI is InChI=1S/C32H48O4/c1-7-8-9-10-11-12-13-14-15-18-36-29(33)16-17-32(6,27-19-23(2)30(34)24(3)20-27)28-21-25(4)31(35)26(5)22-28/h19-22,34-35H,7-18H2,1-6H3. The summed E-state index contributed by atoms with van der Waals surface area (Å²) in [6, 6.07) is 8.03. The zero-order chi connectivity index (χ0) is 26.7. The third-order valence-corrected chi connectivity index (χ3v) is 7.60. The van der Waals surface area contributed by atoms with Gasteiger partial charge in [0.2, 0.25) is 0 Å². The molecule has 4 nitrogen and oxygen atoms in total. The van der Waals surface area contributed by atoms with Gasteiger partial charge in [-0.25, -0.2) is 0 Å². The Bertz CT molecular complexity index is 888. The number of hydrogen-bond acceptors (Lipinski definition) is 4. The van der Waals surface area contributed by atoms with E-state index in [1.54, 1.807) is 0 Å². The van der Waals surface area contributed by atoms with Gasteiger partial charge in [-0.1, -0.05) is 89.5 Å². The van der Waals surface area contributed by atoms with Gasteiger partial charge < -0.3 is 14.9 Å². The second-order valence-corrected chi connectivity index (χ2v) is 10.8. The molecule has 0 aliphatic carbocycles. The molecule has 36 heavy (non-hydrogen) atoms. The topological polar surface area (TPSA) is 66.8 Å². The molecule has 0 saturated heterocycles. The van der Waals surface area contributed by atoms with Crippen LogP contribution in [0.25, 0.3) is 0 Å². The van der Waals surface area contributed by atoms with Crippen LogP contribution in [0.4, 0.5) is 0 Å². The summed E-state index contributed by atoms with van der Waals surface area (Å²) in [5.41, 5.74) is 4.89. The van der Waals surface area contributed by atoms with Crippen LogP contribution in [0.3, 0.4) is 0 Å². The molecule has 0 aromatic heterocycles. The molecule has 0 fully saturated rings. The molecular formula is C32H48O4. The smallest absolute Gasteiger partial charge is 0.305 e. The molecule has 0 amide bonds. The predicted octanol–water partition coefficient (Wildman–Crippen LogP) is 8.49. The molecule has 0 bridgehead atoms. The van der Waals surface area contributed by atoms with Gasteiger partial charge in [0.1, 0.15) is 11.5 Å². The van der Waals surface area contributed by atoms with Crippen molar-refractivity contribution < 1.29 is 19.7 Å². The van der Waals surface area contributed by atoms with Gasteiger partial charge in [-0.05, 0) is 73.9 Å². The fourth-order valence-corrected chi connectivity index (χ4v) is 5.03. The van der Waals surface area contributed by atoms with E-state index in [0.717, 1.165) is 46.2 Å². The molecule has 200 valence electrons. The zero-order valence-corrected chi connectivity index (χ0v) is 23.5. The minimum absolute atomic E-state index is 0.166. The molecule has 0 unspecified atom stereocenters. The summed E-state index contributed by atoms with van der Waals surface area (Å²) in [6.07, 6.45) is 12.0. The fourth-order valence-electron chi connectivity index (χ4n) is 5.03. The number of phenols is 2. The van der Waals surface area contributed by atoms with Gasteiger partial charge >= 0.3 is 5.97 Å². The number of carbonyl (C=O) groups excluding carboxylic acids is 1. The van der Waals surface area contributed by atoms with Crippen molar-refractivity contribution in [1.29, 1.82) is 0 Å². The van der Waals surface area contributed by atoms with Crippen molar-refractivity contribution in [3.05, 3.63) is 57.6 Å². The summed E-state index contributed by atoms with van der Waals surface area (Å²) in [7, 11) is 0. The molecule has 4 heteroatoms. The van der Waals surface area contributed by atoms with Crippen LogP contribution >= 0.6 is 0 Å². The van der Waals surface area contributed by atoms with E-state index in [-0.39, 0.29) is 5.97 Å². The Balaban J connectivity index is 2.00. The molecule has 2 N–H and O–H groups in total. The average molecular weight is 497 g/mol. The summed E-state index contributed by atoms with van der Waals surface area (Å²) in [5, 5.41) is 20.7. The van der Waals surface area contributed by atoms with Crippen molar-refractivity contribution in [3.63, 3.8) is 0 Å². The van der Waals surface area contributed by atoms with Crippen molar-refractivity contribution in [3.8, 4) is 11.5 Å². The van der Waals surface area contributed by atoms with E-state index in [1.807, 2.05) is 52.0 Å². The summed E-state index contributed by atoms with van der Waals surface area (Å²) in [6.45, 7) is 12.5. The SMILES string of the molecule is CCCCCCCCCCCOC(=O)CCC(C)(c1cc(C)c(O)c(C)c1)c1cc(C)c(O)c(C)c1. The van der Waals surface area contributed by atoms with Crippen LogP contribution in [0.1, 0.15) is 118 Å². The van der Waals surface area contributed by atoms with Crippen LogP contribution in [0, 0.1) is 27.7 Å². The van der Waals surface area contributed by atoms with Gasteiger partial charge in [-0.2, -0.15) is 0 Å². The Morgan fingerprint density at radius 3 is 1.53 bits per heavy atom. The Morgan fingerprint density at radius 2 is 1.11 bits per heavy atom. The van der Waals surface area contributed by atoms with E-state index in [9.17, 15) is 15.0 Å². The van der Waals surface area contributed by atoms with Crippen molar-refractivity contribution in [2.75, 3.05) is 6.61 Å². The lowest BCUT2D eigenvalue weighted by atomic mass is 9.71. The molecule has 0 heterocycles. The molecule has 0 aliphatic rings. The van der Waals surface area contributed by atoms with Crippen LogP contribution < -0.4 is 0 Å². The minimum Gasteiger partial charge on any atom is -0.507 e. The number of unbranched alkanes of at least 4 members (excludes halogenated alkanes) is 8.